The molecule has 3 nitrogen and oxygen atoms in total. The average molecular weight is 295 g/mol. The standard InChI is InChI=1S/C15H12F3NO2/c16-12-7-14(18)13(17)5-10(12)6-15(21)19-11-3-1-2-9(4-11)8-20/h1-5,7,20H,6,8H2,(H,19,21). The summed E-state index contributed by atoms with van der Waals surface area (Å²) in [7, 11) is 0. The van der Waals surface area contributed by atoms with Gasteiger partial charge in [0.1, 0.15) is 5.82 Å². The second-order valence-corrected chi connectivity index (χ2v) is 4.44. The van der Waals surface area contributed by atoms with Gasteiger partial charge in [0.05, 0.1) is 13.0 Å². The molecule has 0 bridgehead atoms. The highest BCUT2D eigenvalue weighted by Gasteiger charge is 2.13. The van der Waals surface area contributed by atoms with Crippen LogP contribution in [0.25, 0.3) is 0 Å². The highest BCUT2D eigenvalue weighted by Crippen LogP contribution is 2.16. The predicted octanol–water partition coefficient (Wildman–Crippen LogP) is 2.78. The first-order chi connectivity index (χ1) is 9.99. The van der Waals surface area contributed by atoms with Crippen molar-refractivity contribution in [3.63, 3.8) is 0 Å². The summed E-state index contributed by atoms with van der Waals surface area (Å²) >= 11 is 0. The number of aliphatic hydroxyl groups is 1. The molecule has 0 unspecified atom stereocenters. The SMILES string of the molecule is O=C(Cc1cc(F)c(F)cc1F)Nc1cccc(CO)c1. The minimum absolute atomic E-state index is 0.179. The highest BCUT2D eigenvalue weighted by molar-refractivity contribution is 5.92. The van der Waals surface area contributed by atoms with Gasteiger partial charge in [-0.2, -0.15) is 0 Å². The minimum atomic E-state index is -1.30. The van der Waals surface area contributed by atoms with Gasteiger partial charge in [-0.05, 0) is 23.8 Å². The molecule has 0 aliphatic heterocycles. The Morgan fingerprint density at radius 3 is 2.48 bits per heavy atom. The molecule has 110 valence electrons. The summed E-state index contributed by atoms with van der Waals surface area (Å²) in [4.78, 5) is 11.8. The lowest BCUT2D eigenvalue weighted by atomic mass is 10.1. The molecule has 6 heteroatoms. The first kappa shape index (κ1) is 15.1. The maximum Gasteiger partial charge on any atom is 0.228 e. The Labute approximate surface area is 119 Å². The van der Waals surface area contributed by atoms with Gasteiger partial charge in [-0.25, -0.2) is 13.2 Å². The van der Waals surface area contributed by atoms with Crippen molar-refractivity contribution in [2.24, 2.45) is 0 Å². The molecule has 0 aliphatic rings. The zero-order chi connectivity index (χ0) is 15.4. The Morgan fingerprint density at radius 2 is 1.76 bits per heavy atom. The van der Waals surface area contributed by atoms with E-state index in [9.17, 15) is 18.0 Å². The van der Waals surface area contributed by atoms with E-state index in [4.69, 9.17) is 5.11 Å². The summed E-state index contributed by atoms with van der Waals surface area (Å²) in [5.74, 6) is -4.06. The van der Waals surface area contributed by atoms with Crippen LogP contribution in [-0.2, 0) is 17.8 Å². The van der Waals surface area contributed by atoms with Gasteiger partial charge < -0.3 is 10.4 Å². The van der Waals surface area contributed by atoms with E-state index < -0.39 is 29.8 Å². The van der Waals surface area contributed by atoms with E-state index in [0.29, 0.717) is 23.4 Å². The van der Waals surface area contributed by atoms with Crippen LogP contribution in [-0.4, -0.2) is 11.0 Å². The average Bonchev–Trinajstić information content (AvgIpc) is 2.45. The van der Waals surface area contributed by atoms with Crippen LogP contribution in [0.5, 0.6) is 0 Å². The number of anilines is 1. The lowest BCUT2D eigenvalue weighted by Gasteiger charge is -2.07. The summed E-state index contributed by atoms with van der Waals surface area (Å²) in [6.45, 7) is -0.179. The third-order valence-electron chi connectivity index (χ3n) is 2.83. The maximum atomic E-state index is 13.4. The Bertz CT molecular complexity index is 674. The molecule has 0 aromatic heterocycles. The summed E-state index contributed by atoms with van der Waals surface area (Å²) in [5, 5.41) is 11.5. The number of aliphatic hydroxyl groups excluding tert-OH is 1. The minimum Gasteiger partial charge on any atom is -0.392 e. The van der Waals surface area contributed by atoms with Gasteiger partial charge in [0.25, 0.3) is 0 Å². The summed E-state index contributed by atoms with van der Waals surface area (Å²) < 4.78 is 39.3. The van der Waals surface area contributed by atoms with Crippen LogP contribution in [0.4, 0.5) is 18.9 Å². The molecule has 0 fully saturated rings. The van der Waals surface area contributed by atoms with Crippen LogP contribution in [0, 0.1) is 17.5 Å². The van der Waals surface area contributed by atoms with Crippen molar-refractivity contribution in [1.29, 1.82) is 0 Å². The van der Waals surface area contributed by atoms with Crippen molar-refractivity contribution < 1.29 is 23.1 Å². The zero-order valence-electron chi connectivity index (χ0n) is 10.9. The monoisotopic (exact) mass is 295 g/mol. The normalized spacial score (nSPS) is 10.5. The topological polar surface area (TPSA) is 49.3 Å². The van der Waals surface area contributed by atoms with Crippen molar-refractivity contribution in [2.45, 2.75) is 13.0 Å². The first-order valence-electron chi connectivity index (χ1n) is 6.12. The van der Waals surface area contributed by atoms with E-state index in [2.05, 4.69) is 5.32 Å². The highest BCUT2D eigenvalue weighted by atomic mass is 19.2. The summed E-state index contributed by atoms with van der Waals surface area (Å²) in [6, 6.07) is 7.53. The van der Waals surface area contributed by atoms with E-state index in [0.717, 1.165) is 0 Å². The number of amides is 1. The first-order valence-corrected chi connectivity index (χ1v) is 6.12. The van der Waals surface area contributed by atoms with Crippen molar-refractivity contribution >= 4 is 11.6 Å². The molecular weight excluding hydrogens is 283 g/mol. The number of nitrogens with one attached hydrogen (secondary N) is 1. The van der Waals surface area contributed by atoms with Gasteiger partial charge in [0, 0.05) is 17.3 Å². The number of benzene rings is 2. The molecule has 2 aromatic rings. The Balaban J connectivity index is 2.09. The van der Waals surface area contributed by atoms with Crippen LogP contribution in [0.15, 0.2) is 36.4 Å². The number of rotatable bonds is 4. The molecule has 1 amide bonds. The number of halogens is 3. The number of carbonyl (C=O) groups is 1. The zero-order valence-corrected chi connectivity index (χ0v) is 10.9. The Hall–Kier alpha value is -2.34. The van der Waals surface area contributed by atoms with Crippen molar-refractivity contribution in [3.05, 3.63) is 65.0 Å². The van der Waals surface area contributed by atoms with Crippen LogP contribution in [0.2, 0.25) is 0 Å². The fourth-order valence-corrected chi connectivity index (χ4v) is 1.82. The van der Waals surface area contributed by atoms with Gasteiger partial charge in [-0.3, -0.25) is 4.79 Å². The quantitative estimate of drug-likeness (QED) is 0.852. The van der Waals surface area contributed by atoms with Gasteiger partial charge in [-0.15, -0.1) is 0 Å². The van der Waals surface area contributed by atoms with E-state index in [1.807, 2.05) is 0 Å². The van der Waals surface area contributed by atoms with E-state index in [1.54, 1.807) is 24.3 Å². The van der Waals surface area contributed by atoms with Crippen molar-refractivity contribution in [2.75, 3.05) is 5.32 Å². The van der Waals surface area contributed by atoms with Gasteiger partial charge in [-0.1, -0.05) is 12.1 Å². The van der Waals surface area contributed by atoms with Crippen molar-refractivity contribution in [3.8, 4) is 0 Å². The second kappa shape index (κ2) is 6.41. The largest absolute Gasteiger partial charge is 0.392 e. The van der Waals surface area contributed by atoms with Crippen molar-refractivity contribution in [1.82, 2.24) is 0 Å². The number of carbonyl (C=O) groups excluding carboxylic acids is 1. The van der Waals surface area contributed by atoms with Gasteiger partial charge in [0.15, 0.2) is 11.6 Å². The molecule has 0 saturated carbocycles. The fourth-order valence-electron chi connectivity index (χ4n) is 1.82. The predicted molar refractivity (Wildman–Crippen MR) is 71.0 cm³/mol. The molecule has 0 saturated heterocycles. The van der Waals surface area contributed by atoms with E-state index in [1.165, 1.54) is 0 Å². The van der Waals surface area contributed by atoms with E-state index in [-0.39, 0.29) is 12.2 Å². The Kier molecular flexibility index (Phi) is 4.59. The molecule has 0 spiro atoms. The smallest absolute Gasteiger partial charge is 0.228 e. The number of hydrogen-bond acceptors (Lipinski definition) is 2. The third-order valence-corrected chi connectivity index (χ3v) is 2.83. The maximum absolute atomic E-state index is 13.4. The molecule has 0 radical (unpaired) electrons. The fraction of sp³-hybridized carbons (Fsp3) is 0.133. The Morgan fingerprint density at radius 1 is 1.05 bits per heavy atom. The van der Waals surface area contributed by atoms with Crippen LogP contribution >= 0.6 is 0 Å². The molecule has 2 aromatic carbocycles. The lowest BCUT2D eigenvalue weighted by Crippen LogP contribution is -2.15. The third kappa shape index (κ3) is 3.82. The molecule has 0 atom stereocenters. The second-order valence-electron chi connectivity index (χ2n) is 4.44. The molecule has 0 aliphatic carbocycles. The van der Waals surface area contributed by atoms with Crippen LogP contribution < -0.4 is 5.32 Å². The van der Waals surface area contributed by atoms with Crippen LogP contribution in [0.1, 0.15) is 11.1 Å². The van der Waals surface area contributed by atoms with Gasteiger partial charge in [0.2, 0.25) is 5.91 Å². The summed E-state index contributed by atoms with van der Waals surface area (Å²) in [5.41, 5.74) is 0.797. The molecule has 2 N–H and O–H groups in total. The number of hydrogen-bond donors (Lipinski definition) is 2. The molecule has 0 heterocycles. The van der Waals surface area contributed by atoms with Crippen LogP contribution in [0.3, 0.4) is 0 Å². The summed E-state index contributed by atoms with van der Waals surface area (Å²) in [6.07, 6.45) is -0.424. The molecular formula is C15H12F3NO2. The molecule has 2 rings (SSSR count). The molecule has 21 heavy (non-hydrogen) atoms. The van der Waals surface area contributed by atoms with Gasteiger partial charge >= 0.3 is 0 Å². The lowest BCUT2D eigenvalue weighted by molar-refractivity contribution is -0.115. The van der Waals surface area contributed by atoms with E-state index >= 15 is 0 Å².